The van der Waals surface area contributed by atoms with Crippen LogP contribution in [0.15, 0.2) is 23.1 Å². The zero-order valence-corrected chi connectivity index (χ0v) is 10.8. The number of nitrogen functional groups attached to an aromatic ring is 1. The van der Waals surface area contributed by atoms with Crippen LogP contribution in [0.2, 0.25) is 5.02 Å². The highest BCUT2D eigenvalue weighted by Crippen LogP contribution is 2.25. The quantitative estimate of drug-likeness (QED) is 0.841. The summed E-state index contributed by atoms with van der Waals surface area (Å²) in [7, 11) is -2.26. The molecule has 0 radical (unpaired) electrons. The number of hydrogen-bond acceptors (Lipinski definition) is 4. The number of anilines is 1. The zero-order chi connectivity index (χ0) is 13.1. The maximum Gasteiger partial charge on any atom is 0.244 e. The SMILES string of the molecule is CN(CCC#N)S(=O)(=O)c1ccc(N)cc1Cl. The molecule has 1 aromatic carbocycles. The van der Waals surface area contributed by atoms with Crippen molar-refractivity contribution in [3.8, 4) is 6.07 Å². The lowest BCUT2D eigenvalue weighted by Crippen LogP contribution is -2.28. The predicted octanol–water partition coefficient (Wildman–Crippen LogP) is 1.46. The van der Waals surface area contributed by atoms with Gasteiger partial charge < -0.3 is 5.73 Å². The van der Waals surface area contributed by atoms with Gasteiger partial charge in [-0.05, 0) is 18.2 Å². The van der Waals surface area contributed by atoms with Crippen molar-refractivity contribution in [2.75, 3.05) is 19.3 Å². The maximum absolute atomic E-state index is 12.1. The molecule has 0 heterocycles. The van der Waals surface area contributed by atoms with E-state index in [9.17, 15) is 8.42 Å². The highest BCUT2D eigenvalue weighted by molar-refractivity contribution is 7.89. The fourth-order valence-electron chi connectivity index (χ4n) is 1.22. The van der Waals surface area contributed by atoms with E-state index in [0.29, 0.717) is 5.69 Å². The van der Waals surface area contributed by atoms with Crippen LogP contribution in [-0.2, 0) is 10.0 Å². The molecule has 0 fully saturated rings. The Balaban J connectivity index is 3.09. The fraction of sp³-hybridized carbons (Fsp3) is 0.300. The number of halogens is 1. The Morgan fingerprint density at radius 3 is 2.71 bits per heavy atom. The lowest BCUT2D eigenvalue weighted by molar-refractivity contribution is 0.476. The molecule has 1 rings (SSSR count). The molecule has 0 saturated heterocycles. The van der Waals surface area contributed by atoms with Crippen molar-refractivity contribution in [3.63, 3.8) is 0 Å². The van der Waals surface area contributed by atoms with Gasteiger partial charge in [0, 0.05) is 25.7 Å². The van der Waals surface area contributed by atoms with Crippen molar-refractivity contribution in [2.24, 2.45) is 0 Å². The van der Waals surface area contributed by atoms with E-state index in [-0.39, 0.29) is 22.9 Å². The van der Waals surface area contributed by atoms with Crippen LogP contribution in [0.25, 0.3) is 0 Å². The van der Waals surface area contributed by atoms with Crippen LogP contribution in [-0.4, -0.2) is 26.3 Å². The molecular formula is C10H12ClN3O2S. The smallest absolute Gasteiger partial charge is 0.244 e. The Hall–Kier alpha value is -1.29. The summed E-state index contributed by atoms with van der Waals surface area (Å²) in [6.45, 7) is 0.125. The van der Waals surface area contributed by atoms with Crippen LogP contribution in [0.1, 0.15) is 6.42 Å². The number of hydrogen-bond donors (Lipinski definition) is 1. The lowest BCUT2D eigenvalue weighted by atomic mass is 10.3. The third kappa shape index (κ3) is 3.09. The van der Waals surface area contributed by atoms with Gasteiger partial charge in [-0.1, -0.05) is 11.6 Å². The van der Waals surface area contributed by atoms with Crippen LogP contribution in [0.4, 0.5) is 5.69 Å². The van der Waals surface area contributed by atoms with Crippen molar-refractivity contribution in [2.45, 2.75) is 11.3 Å². The molecule has 0 spiro atoms. The van der Waals surface area contributed by atoms with Crippen LogP contribution >= 0.6 is 11.6 Å². The maximum atomic E-state index is 12.1. The van der Waals surface area contributed by atoms with Gasteiger partial charge in [-0.3, -0.25) is 0 Å². The van der Waals surface area contributed by atoms with E-state index in [1.165, 1.54) is 25.2 Å². The summed E-state index contributed by atoms with van der Waals surface area (Å²) >= 11 is 5.84. The second-order valence-electron chi connectivity index (χ2n) is 3.42. The van der Waals surface area contributed by atoms with Crippen molar-refractivity contribution >= 4 is 27.3 Å². The van der Waals surface area contributed by atoms with Crippen molar-refractivity contribution in [1.29, 1.82) is 5.26 Å². The minimum Gasteiger partial charge on any atom is -0.399 e. The van der Waals surface area contributed by atoms with E-state index >= 15 is 0 Å². The van der Waals surface area contributed by atoms with Gasteiger partial charge in [-0.2, -0.15) is 9.57 Å². The topological polar surface area (TPSA) is 87.2 Å². The zero-order valence-electron chi connectivity index (χ0n) is 9.22. The van der Waals surface area contributed by atoms with E-state index in [2.05, 4.69) is 0 Å². The van der Waals surface area contributed by atoms with Gasteiger partial charge in [0.1, 0.15) is 4.90 Å². The molecule has 0 aliphatic carbocycles. The summed E-state index contributed by atoms with van der Waals surface area (Å²) in [6, 6.07) is 6.09. The second-order valence-corrected chi connectivity index (χ2v) is 5.85. The monoisotopic (exact) mass is 273 g/mol. The summed E-state index contributed by atoms with van der Waals surface area (Å²) in [6.07, 6.45) is 0.127. The minimum absolute atomic E-state index is 0.00573. The molecule has 0 amide bonds. The highest BCUT2D eigenvalue weighted by atomic mass is 35.5. The standard InChI is InChI=1S/C10H12ClN3O2S/c1-14(6-2-5-12)17(15,16)10-4-3-8(13)7-9(10)11/h3-4,7H,2,6,13H2,1H3. The first-order valence-corrected chi connectivity index (χ1v) is 6.59. The number of nitrogens with zero attached hydrogens (tertiary/aromatic N) is 2. The molecule has 0 saturated carbocycles. The molecule has 1 aromatic rings. The summed E-state index contributed by atoms with van der Waals surface area (Å²) in [5.74, 6) is 0. The largest absolute Gasteiger partial charge is 0.399 e. The van der Waals surface area contributed by atoms with Crippen LogP contribution < -0.4 is 5.73 Å². The number of rotatable bonds is 4. The van der Waals surface area contributed by atoms with Crippen LogP contribution in [0.3, 0.4) is 0 Å². The molecule has 7 heteroatoms. The van der Waals surface area contributed by atoms with Crippen molar-refractivity contribution in [1.82, 2.24) is 4.31 Å². The summed E-state index contributed by atoms with van der Waals surface area (Å²) < 4.78 is 25.2. The molecule has 2 N–H and O–H groups in total. The van der Waals surface area contributed by atoms with Crippen LogP contribution in [0.5, 0.6) is 0 Å². The third-order valence-electron chi connectivity index (χ3n) is 2.18. The first-order chi connectivity index (χ1) is 7.89. The lowest BCUT2D eigenvalue weighted by Gasteiger charge is -2.16. The molecule has 0 aliphatic rings. The van der Waals surface area contributed by atoms with E-state index in [1.54, 1.807) is 0 Å². The fourth-order valence-corrected chi connectivity index (χ4v) is 2.92. The molecule has 5 nitrogen and oxygen atoms in total. The van der Waals surface area contributed by atoms with Crippen LogP contribution in [0, 0.1) is 11.3 Å². The number of nitriles is 1. The summed E-state index contributed by atoms with van der Waals surface area (Å²) in [4.78, 5) is -0.00573. The Morgan fingerprint density at radius 2 is 2.18 bits per heavy atom. The molecule has 17 heavy (non-hydrogen) atoms. The Morgan fingerprint density at radius 1 is 1.53 bits per heavy atom. The Kier molecular flexibility index (Phi) is 4.34. The number of benzene rings is 1. The van der Waals surface area contributed by atoms with Crippen molar-refractivity contribution in [3.05, 3.63) is 23.2 Å². The molecule has 92 valence electrons. The van der Waals surface area contributed by atoms with E-state index < -0.39 is 10.0 Å². The Labute approximate surface area is 105 Å². The first kappa shape index (κ1) is 13.8. The average molecular weight is 274 g/mol. The van der Waals surface area contributed by atoms with Gasteiger partial charge in [-0.25, -0.2) is 8.42 Å². The Bertz CT molecular complexity index is 551. The predicted molar refractivity (Wildman–Crippen MR) is 65.9 cm³/mol. The first-order valence-electron chi connectivity index (χ1n) is 4.78. The van der Waals surface area contributed by atoms with Gasteiger partial charge in [-0.15, -0.1) is 0 Å². The van der Waals surface area contributed by atoms with Gasteiger partial charge in [0.25, 0.3) is 0 Å². The third-order valence-corrected chi connectivity index (χ3v) is 4.52. The molecule has 0 atom stereocenters. The molecular weight excluding hydrogens is 262 g/mol. The van der Waals surface area contributed by atoms with E-state index in [1.807, 2.05) is 6.07 Å². The molecule has 0 aliphatic heterocycles. The van der Waals surface area contributed by atoms with Crippen molar-refractivity contribution < 1.29 is 8.42 Å². The van der Waals surface area contributed by atoms with Gasteiger partial charge in [0.05, 0.1) is 11.1 Å². The van der Waals surface area contributed by atoms with Gasteiger partial charge in [0.2, 0.25) is 10.0 Å². The van der Waals surface area contributed by atoms with E-state index in [0.717, 1.165) is 4.31 Å². The highest BCUT2D eigenvalue weighted by Gasteiger charge is 2.23. The average Bonchev–Trinajstić information content (AvgIpc) is 2.25. The number of sulfonamides is 1. The molecule has 0 unspecified atom stereocenters. The number of nitrogens with two attached hydrogens (primary N) is 1. The normalized spacial score (nSPS) is 11.4. The summed E-state index contributed by atoms with van der Waals surface area (Å²) in [5.41, 5.74) is 5.89. The van der Waals surface area contributed by atoms with Gasteiger partial charge >= 0.3 is 0 Å². The minimum atomic E-state index is -3.66. The second kappa shape index (κ2) is 5.36. The molecule has 0 bridgehead atoms. The molecule has 0 aromatic heterocycles. The van der Waals surface area contributed by atoms with E-state index in [4.69, 9.17) is 22.6 Å². The summed E-state index contributed by atoms with van der Waals surface area (Å²) in [5, 5.41) is 8.51. The van der Waals surface area contributed by atoms with Gasteiger partial charge in [0.15, 0.2) is 0 Å².